The normalized spacial score (nSPS) is 14.4. The Morgan fingerprint density at radius 3 is 1.25 bits per heavy atom. The molecule has 0 spiro atoms. The number of hydrogen-bond acceptors (Lipinski definition) is 6. The van der Waals surface area contributed by atoms with Crippen LogP contribution in [-0.4, -0.2) is 59.5 Å². The average Bonchev–Trinajstić information content (AvgIpc) is 2.88. The van der Waals surface area contributed by atoms with E-state index in [1.165, 1.54) is 51.4 Å². The maximum atomic E-state index is 12.3. The van der Waals surface area contributed by atoms with Gasteiger partial charge in [-0.25, -0.2) is 0 Å². The summed E-state index contributed by atoms with van der Waals surface area (Å²) < 4.78 is 0. The quantitative estimate of drug-likeness (QED) is 0.100. The second kappa shape index (κ2) is 24.3. The van der Waals surface area contributed by atoms with Crippen molar-refractivity contribution in [1.29, 1.82) is 0 Å². The van der Waals surface area contributed by atoms with Crippen LogP contribution in [0.5, 0.6) is 0 Å². The largest absolute Gasteiger partial charge is 0.349 e. The number of nitrogens with one attached hydrogen (secondary N) is 2. The van der Waals surface area contributed by atoms with Crippen molar-refractivity contribution in [1.82, 2.24) is 10.6 Å². The molecule has 0 radical (unpaired) electrons. The van der Waals surface area contributed by atoms with Crippen molar-refractivity contribution in [2.75, 3.05) is 23.0 Å². The van der Waals surface area contributed by atoms with Gasteiger partial charge in [0, 0.05) is 24.3 Å². The highest BCUT2D eigenvalue weighted by Gasteiger charge is 2.23. The second-order valence-corrected chi connectivity index (χ2v) is 12.2. The third-order valence-electron chi connectivity index (χ3n) is 6.93. The van der Waals surface area contributed by atoms with Crippen LogP contribution in [0.1, 0.15) is 105 Å². The summed E-state index contributed by atoms with van der Waals surface area (Å²) in [6, 6.07) is -0.676. The van der Waals surface area contributed by atoms with Gasteiger partial charge in [-0.15, -0.1) is 0 Å². The summed E-state index contributed by atoms with van der Waals surface area (Å²) in [5.74, 6) is 4.55. The van der Waals surface area contributed by atoms with Gasteiger partial charge in [0.2, 0.25) is 12.8 Å². The zero-order valence-corrected chi connectivity index (χ0v) is 24.9. The Morgan fingerprint density at radius 1 is 0.611 bits per heavy atom. The third-order valence-corrected chi connectivity index (χ3v) is 9.07. The van der Waals surface area contributed by atoms with Gasteiger partial charge in [-0.05, 0) is 36.2 Å². The van der Waals surface area contributed by atoms with Gasteiger partial charge in [0.1, 0.15) is 0 Å². The Hall–Kier alpha value is -1.02. The van der Waals surface area contributed by atoms with Crippen LogP contribution in [0.15, 0.2) is 0 Å². The van der Waals surface area contributed by atoms with Crippen molar-refractivity contribution in [2.45, 2.75) is 117 Å². The lowest BCUT2D eigenvalue weighted by molar-refractivity contribution is -0.124. The molecule has 2 amide bonds. The monoisotopic (exact) mass is 544 g/mol. The predicted octanol–water partition coefficient (Wildman–Crippen LogP) is 5.81. The number of carbonyl (C=O) groups is 4. The molecule has 8 heteroatoms. The Labute approximate surface area is 229 Å². The van der Waals surface area contributed by atoms with Crippen LogP contribution in [0, 0.1) is 11.8 Å². The van der Waals surface area contributed by atoms with Gasteiger partial charge in [-0.1, -0.05) is 79.1 Å². The zero-order valence-electron chi connectivity index (χ0n) is 23.2. The summed E-state index contributed by atoms with van der Waals surface area (Å²) in [6.07, 6.45) is 14.2. The van der Waals surface area contributed by atoms with E-state index in [1.54, 1.807) is 0 Å². The number of thioether (sulfide) groups is 2. The van der Waals surface area contributed by atoms with Gasteiger partial charge in [0.05, 0.1) is 12.1 Å². The number of amides is 2. The lowest BCUT2D eigenvalue weighted by atomic mass is 9.94. The average molecular weight is 545 g/mol. The minimum atomic E-state index is -0.338. The van der Waals surface area contributed by atoms with Crippen molar-refractivity contribution in [3.63, 3.8) is 0 Å². The topological polar surface area (TPSA) is 92.3 Å². The molecule has 0 aliphatic rings. The van der Waals surface area contributed by atoms with Crippen molar-refractivity contribution < 1.29 is 19.2 Å². The molecule has 0 aromatic carbocycles. The summed E-state index contributed by atoms with van der Waals surface area (Å²) in [5, 5.41) is 5.37. The number of Topliss-reactive ketones (excluding diaryl/α,β-unsaturated/α-hetero) is 2. The van der Waals surface area contributed by atoms with Crippen LogP contribution in [0.25, 0.3) is 0 Å². The molecule has 0 aromatic rings. The minimum Gasteiger partial charge on any atom is -0.349 e. The summed E-state index contributed by atoms with van der Waals surface area (Å²) in [7, 11) is 0. The van der Waals surface area contributed by atoms with Gasteiger partial charge >= 0.3 is 0 Å². The maximum absolute atomic E-state index is 12.3. The highest BCUT2D eigenvalue weighted by molar-refractivity contribution is 7.99. The molecule has 6 nitrogen and oxygen atoms in total. The molecular weight excluding hydrogens is 492 g/mol. The Morgan fingerprint density at radius 2 is 0.944 bits per heavy atom. The molecule has 4 atom stereocenters. The Balaban J connectivity index is 3.56. The smallest absolute Gasteiger partial charge is 0.207 e. The molecule has 2 N–H and O–H groups in total. The number of carbonyl (C=O) groups excluding carboxylic acids is 4. The highest BCUT2D eigenvalue weighted by Crippen LogP contribution is 2.16. The van der Waals surface area contributed by atoms with E-state index in [1.807, 2.05) is 51.2 Å². The van der Waals surface area contributed by atoms with E-state index < -0.39 is 0 Å². The zero-order chi connectivity index (χ0) is 27.0. The van der Waals surface area contributed by atoms with E-state index in [0.29, 0.717) is 25.7 Å². The lowest BCUT2D eigenvalue weighted by Gasteiger charge is -2.20. The Kier molecular flexibility index (Phi) is 23.6. The SMILES string of the molecule is CCC(C)C(NC=O)C(=O)CCSCCCCCCCCCCSCCC(=O)C(NC=O)C(C)CC. The van der Waals surface area contributed by atoms with Crippen LogP contribution in [0.2, 0.25) is 0 Å². The maximum Gasteiger partial charge on any atom is 0.207 e. The third kappa shape index (κ3) is 17.4. The van der Waals surface area contributed by atoms with E-state index in [9.17, 15) is 19.2 Å². The molecule has 0 bridgehead atoms. The van der Waals surface area contributed by atoms with E-state index in [4.69, 9.17) is 0 Å². The number of ketones is 2. The van der Waals surface area contributed by atoms with Crippen molar-refractivity contribution in [2.24, 2.45) is 11.8 Å². The fraction of sp³-hybridized carbons (Fsp3) is 0.857. The first-order chi connectivity index (χ1) is 17.4. The molecule has 0 rings (SSSR count). The first kappa shape index (κ1) is 35.0. The summed E-state index contributed by atoms with van der Waals surface area (Å²) in [4.78, 5) is 46.1. The minimum absolute atomic E-state index is 0.151. The molecule has 0 fully saturated rings. The molecule has 0 saturated carbocycles. The van der Waals surface area contributed by atoms with E-state index in [2.05, 4.69) is 10.6 Å². The van der Waals surface area contributed by atoms with Crippen LogP contribution in [0.3, 0.4) is 0 Å². The van der Waals surface area contributed by atoms with E-state index in [-0.39, 0.29) is 35.5 Å². The van der Waals surface area contributed by atoms with Gasteiger partial charge < -0.3 is 10.6 Å². The summed E-state index contributed by atoms with van der Waals surface area (Å²) in [5.41, 5.74) is 0. The van der Waals surface area contributed by atoms with Gasteiger partial charge in [-0.2, -0.15) is 23.5 Å². The Bertz CT molecular complexity index is 542. The number of rotatable bonds is 27. The molecule has 0 saturated heterocycles. The molecular formula is C28H52N2O4S2. The van der Waals surface area contributed by atoms with Gasteiger partial charge in [0.15, 0.2) is 11.6 Å². The fourth-order valence-corrected chi connectivity index (χ4v) is 6.01. The van der Waals surface area contributed by atoms with E-state index in [0.717, 1.165) is 35.9 Å². The fourth-order valence-electron chi connectivity index (χ4n) is 4.10. The number of hydrogen-bond donors (Lipinski definition) is 2. The van der Waals surface area contributed by atoms with Gasteiger partial charge in [0.25, 0.3) is 0 Å². The molecule has 36 heavy (non-hydrogen) atoms. The van der Waals surface area contributed by atoms with Crippen LogP contribution < -0.4 is 10.6 Å². The number of unbranched alkanes of at least 4 members (excludes halogenated alkanes) is 7. The highest BCUT2D eigenvalue weighted by atomic mass is 32.2. The summed E-state index contributed by atoms with van der Waals surface area (Å²) >= 11 is 3.69. The van der Waals surface area contributed by atoms with Crippen molar-refractivity contribution in [3.8, 4) is 0 Å². The molecule has 0 aliphatic heterocycles. The molecule has 0 aromatic heterocycles. The van der Waals surface area contributed by atoms with Crippen LogP contribution in [0.4, 0.5) is 0 Å². The van der Waals surface area contributed by atoms with Gasteiger partial charge in [-0.3, -0.25) is 19.2 Å². The summed E-state index contributed by atoms with van der Waals surface area (Å²) in [6.45, 7) is 8.10. The van der Waals surface area contributed by atoms with E-state index >= 15 is 0 Å². The second-order valence-electron chi connectivity index (χ2n) is 9.78. The van der Waals surface area contributed by atoms with Crippen molar-refractivity contribution >= 4 is 47.9 Å². The molecule has 0 aliphatic carbocycles. The molecule has 4 unspecified atom stereocenters. The lowest BCUT2D eigenvalue weighted by Crippen LogP contribution is -2.41. The van der Waals surface area contributed by atoms with Crippen LogP contribution in [-0.2, 0) is 19.2 Å². The molecule has 0 heterocycles. The first-order valence-electron chi connectivity index (χ1n) is 14.0. The predicted molar refractivity (Wildman–Crippen MR) is 156 cm³/mol. The van der Waals surface area contributed by atoms with Crippen LogP contribution >= 0.6 is 23.5 Å². The first-order valence-corrected chi connectivity index (χ1v) is 16.3. The standard InChI is InChI=1S/C28H52N2O4S2/c1-5-23(3)27(29-21-31)25(33)15-19-35-17-13-11-9-7-8-10-12-14-18-36-20-16-26(34)28(30-22-32)24(4)6-2/h21-24,27-28H,5-20H2,1-4H3,(H,29,31)(H,30,32). The molecule has 210 valence electrons. The van der Waals surface area contributed by atoms with Crippen molar-refractivity contribution in [3.05, 3.63) is 0 Å².